The number of anilines is 1. The first-order chi connectivity index (χ1) is 8.21. The standard InChI is InChI=1S/C10H13F3N4S/c1-6(8(14)18)5-17(2)9-15-4-3-7(16-9)10(11,12)13/h3-4,6H,5H2,1-2H3,(H2,14,18). The normalized spacial score (nSPS) is 13.2. The van der Waals surface area contributed by atoms with Crippen LogP contribution in [0.4, 0.5) is 19.1 Å². The third-order valence-electron chi connectivity index (χ3n) is 2.31. The highest BCUT2D eigenvalue weighted by atomic mass is 32.1. The van der Waals surface area contributed by atoms with Crippen LogP contribution < -0.4 is 10.6 Å². The number of hydrogen-bond donors (Lipinski definition) is 1. The monoisotopic (exact) mass is 278 g/mol. The Labute approximate surface area is 108 Å². The molecule has 2 N–H and O–H groups in total. The van der Waals surface area contributed by atoms with Gasteiger partial charge in [-0.25, -0.2) is 9.97 Å². The van der Waals surface area contributed by atoms with E-state index in [9.17, 15) is 13.2 Å². The molecule has 1 unspecified atom stereocenters. The molecule has 100 valence electrons. The van der Waals surface area contributed by atoms with Crippen LogP contribution in [-0.4, -0.2) is 28.5 Å². The molecular weight excluding hydrogens is 265 g/mol. The molecule has 0 spiro atoms. The van der Waals surface area contributed by atoms with Gasteiger partial charge in [-0.2, -0.15) is 13.2 Å². The van der Waals surface area contributed by atoms with Crippen molar-refractivity contribution in [3.8, 4) is 0 Å². The lowest BCUT2D eigenvalue weighted by Crippen LogP contribution is -2.32. The van der Waals surface area contributed by atoms with E-state index >= 15 is 0 Å². The van der Waals surface area contributed by atoms with E-state index in [0.29, 0.717) is 11.5 Å². The Bertz CT molecular complexity index is 435. The fraction of sp³-hybridized carbons (Fsp3) is 0.500. The molecule has 1 atom stereocenters. The van der Waals surface area contributed by atoms with Gasteiger partial charge in [0.1, 0.15) is 5.69 Å². The number of nitrogens with two attached hydrogens (primary N) is 1. The van der Waals surface area contributed by atoms with Crippen molar-refractivity contribution in [1.29, 1.82) is 0 Å². The number of hydrogen-bond acceptors (Lipinski definition) is 4. The second-order valence-corrected chi connectivity index (χ2v) is 4.39. The van der Waals surface area contributed by atoms with Gasteiger partial charge in [-0.3, -0.25) is 0 Å². The summed E-state index contributed by atoms with van der Waals surface area (Å²) in [5.41, 5.74) is 4.48. The third kappa shape index (κ3) is 3.80. The molecule has 18 heavy (non-hydrogen) atoms. The Morgan fingerprint density at radius 1 is 1.56 bits per heavy atom. The molecule has 1 aromatic heterocycles. The molecule has 0 aliphatic rings. The molecule has 0 bridgehead atoms. The van der Waals surface area contributed by atoms with E-state index in [1.54, 1.807) is 14.0 Å². The predicted molar refractivity (Wildman–Crippen MR) is 66.3 cm³/mol. The first-order valence-corrected chi connectivity index (χ1v) is 5.53. The highest BCUT2D eigenvalue weighted by Crippen LogP contribution is 2.27. The van der Waals surface area contributed by atoms with Crippen molar-refractivity contribution < 1.29 is 13.2 Å². The number of aromatic nitrogens is 2. The number of alkyl halides is 3. The van der Waals surface area contributed by atoms with Crippen molar-refractivity contribution in [2.45, 2.75) is 13.1 Å². The molecule has 0 aliphatic carbocycles. The van der Waals surface area contributed by atoms with Crippen LogP contribution >= 0.6 is 12.2 Å². The van der Waals surface area contributed by atoms with Gasteiger partial charge in [0, 0.05) is 25.7 Å². The van der Waals surface area contributed by atoms with E-state index in [1.807, 2.05) is 0 Å². The molecule has 1 heterocycles. The lowest BCUT2D eigenvalue weighted by Gasteiger charge is -2.21. The van der Waals surface area contributed by atoms with Gasteiger partial charge in [-0.15, -0.1) is 0 Å². The number of thiocarbonyl (C=S) groups is 1. The molecule has 4 nitrogen and oxygen atoms in total. The Kier molecular flexibility index (Phi) is 4.44. The molecule has 1 aromatic rings. The van der Waals surface area contributed by atoms with Crippen molar-refractivity contribution in [2.75, 3.05) is 18.5 Å². The molecule has 0 fully saturated rings. The molecule has 1 rings (SSSR count). The third-order valence-corrected chi connectivity index (χ3v) is 2.71. The van der Waals surface area contributed by atoms with Crippen molar-refractivity contribution >= 4 is 23.2 Å². The molecule has 0 saturated carbocycles. The topological polar surface area (TPSA) is 55.0 Å². The van der Waals surface area contributed by atoms with E-state index in [0.717, 1.165) is 12.3 Å². The smallest absolute Gasteiger partial charge is 0.393 e. The van der Waals surface area contributed by atoms with Crippen LogP contribution in [0.1, 0.15) is 12.6 Å². The molecule has 8 heteroatoms. The Morgan fingerprint density at radius 3 is 2.67 bits per heavy atom. The van der Waals surface area contributed by atoms with Crippen LogP contribution in [0.3, 0.4) is 0 Å². The van der Waals surface area contributed by atoms with Crippen LogP contribution in [-0.2, 0) is 6.18 Å². The summed E-state index contributed by atoms with van der Waals surface area (Å²) in [5, 5.41) is 0. The zero-order valence-electron chi connectivity index (χ0n) is 9.90. The summed E-state index contributed by atoms with van der Waals surface area (Å²) >= 11 is 4.80. The van der Waals surface area contributed by atoms with Crippen molar-refractivity contribution in [2.24, 2.45) is 11.7 Å². The van der Waals surface area contributed by atoms with Gasteiger partial charge in [-0.1, -0.05) is 19.1 Å². The summed E-state index contributed by atoms with van der Waals surface area (Å²) in [6, 6.07) is 0.828. The van der Waals surface area contributed by atoms with Crippen LogP contribution in [0.2, 0.25) is 0 Å². The second kappa shape index (κ2) is 5.47. The van der Waals surface area contributed by atoms with Crippen LogP contribution in [0.5, 0.6) is 0 Å². The highest BCUT2D eigenvalue weighted by molar-refractivity contribution is 7.80. The molecule has 0 saturated heterocycles. The lowest BCUT2D eigenvalue weighted by molar-refractivity contribution is -0.141. The van der Waals surface area contributed by atoms with E-state index in [2.05, 4.69) is 9.97 Å². The van der Waals surface area contributed by atoms with Gasteiger partial charge in [0.25, 0.3) is 0 Å². The lowest BCUT2D eigenvalue weighted by atomic mass is 10.2. The largest absolute Gasteiger partial charge is 0.433 e. The fourth-order valence-corrected chi connectivity index (χ4v) is 1.35. The van der Waals surface area contributed by atoms with Gasteiger partial charge in [0.15, 0.2) is 0 Å². The van der Waals surface area contributed by atoms with Crippen molar-refractivity contribution in [3.05, 3.63) is 18.0 Å². The summed E-state index contributed by atoms with van der Waals surface area (Å²) in [6.45, 7) is 2.14. The number of nitrogens with zero attached hydrogens (tertiary/aromatic N) is 3. The predicted octanol–water partition coefficient (Wildman–Crippen LogP) is 1.85. The minimum atomic E-state index is -4.48. The second-order valence-electron chi connectivity index (χ2n) is 3.92. The minimum absolute atomic E-state index is 0.00655. The van der Waals surface area contributed by atoms with E-state index < -0.39 is 11.9 Å². The van der Waals surface area contributed by atoms with Crippen LogP contribution in [0, 0.1) is 5.92 Å². The van der Waals surface area contributed by atoms with E-state index in [1.165, 1.54) is 4.90 Å². The average molecular weight is 278 g/mol. The fourth-order valence-electron chi connectivity index (χ4n) is 1.27. The number of halogens is 3. The first kappa shape index (κ1) is 14.6. The van der Waals surface area contributed by atoms with Crippen molar-refractivity contribution in [1.82, 2.24) is 9.97 Å². The van der Waals surface area contributed by atoms with Gasteiger partial charge in [-0.05, 0) is 6.07 Å². The van der Waals surface area contributed by atoms with E-state index in [4.69, 9.17) is 18.0 Å². The Balaban J connectivity index is 2.87. The van der Waals surface area contributed by atoms with Gasteiger partial charge in [0.2, 0.25) is 5.95 Å². The van der Waals surface area contributed by atoms with Crippen LogP contribution in [0.15, 0.2) is 12.3 Å². The zero-order chi connectivity index (χ0) is 13.9. The summed E-state index contributed by atoms with van der Waals surface area (Å²) in [7, 11) is 1.59. The van der Waals surface area contributed by atoms with Gasteiger partial charge in [0.05, 0.1) is 4.99 Å². The maximum absolute atomic E-state index is 12.5. The quantitative estimate of drug-likeness (QED) is 0.852. The molecule has 0 aliphatic heterocycles. The summed E-state index contributed by atoms with van der Waals surface area (Å²) in [6.07, 6.45) is -3.40. The van der Waals surface area contributed by atoms with Crippen LogP contribution in [0.25, 0.3) is 0 Å². The zero-order valence-corrected chi connectivity index (χ0v) is 10.7. The number of rotatable bonds is 4. The summed E-state index contributed by atoms with van der Waals surface area (Å²) in [5.74, 6) is -0.143. The highest BCUT2D eigenvalue weighted by Gasteiger charge is 2.33. The summed E-state index contributed by atoms with van der Waals surface area (Å²) in [4.78, 5) is 9.04. The maximum atomic E-state index is 12.5. The molecule has 0 radical (unpaired) electrons. The van der Waals surface area contributed by atoms with Gasteiger partial charge >= 0.3 is 6.18 Å². The maximum Gasteiger partial charge on any atom is 0.433 e. The first-order valence-electron chi connectivity index (χ1n) is 5.12. The average Bonchev–Trinajstić information content (AvgIpc) is 2.27. The van der Waals surface area contributed by atoms with E-state index in [-0.39, 0.29) is 11.9 Å². The minimum Gasteiger partial charge on any atom is -0.393 e. The SMILES string of the molecule is CC(CN(C)c1nccc(C(F)(F)F)n1)C(N)=S. The Hall–Kier alpha value is -1.44. The Morgan fingerprint density at radius 2 is 2.17 bits per heavy atom. The molecule has 0 aromatic carbocycles. The van der Waals surface area contributed by atoms with Crippen molar-refractivity contribution in [3.63, 3.8) is 0 Å². The molecular formula is C10H13F3N4S. The summed E-state index contributed by atoms with van der Waals surface area (Å²) < 4.78 is 37.4. The van der Waals surface area contributed by atoms with Gasteiger partial charge < -0.3 is 10.6 Å². The molecule has 0 amide bonds.